The van der Waals surface area contributed by atoms with Gasteiger partial charge in [-0.2, -0.15) is 0 Å². The summed E-state index contributed by atoms with van der Waals surface area (Å²) in [5.74, 6) is 0.535. The Balaban J connectivity index is 1.82. The average Bonchev–Trinajstić information content (AvgIpc) is 2.52. The Morgan fingerprint density at radius 1 is 1.29 bits per heavy atom. The number of nitrogens with zero attached hydrogens (tertiary/aromatic N) is 1. The maximum Gasteiger partial charge on any atom is 0.416 e. The Morgan fingerprint density at radius 3 is 2.57 bits per heavy atom. The highest BCUT2D eigenvalue weighted by molar-refractivity contribution is 5.92. The molecule has 1 heterocycles. The SMILES string of the molecule is COC(=O)N1CC[C@@H](OCc2ccc(OC)cc2)CC1=O. The maximum atomic E-state index is 11.8. The molecule has 0 aliphatic carbocycles. The molecule has 1 aromatic rings. The number of piperidine rings is 1. The van der Waals surface area contributed by atoms with Crippen molar-refractivity contribution in [2.24, 2.45) is 0 Å². The Morgan fingerprint density at radius 2 is 2.00 bits per heavy atom. The number of imide groups is 1. The van der Waals surface area contributed by atoms with E-state index in [1.54, 1.807) is 7.11 Å². The molecule has 1 fully saturated rings. The molecule has 0 spiro atoms. The van der Waals surface area contributed by atoms with E-state index in [1.165, 1.54) is 7.11 Å². The molecule has 21 heavy (non-hydrogen) atoms. The summed E-state index contributed by atoms with van der Waals surface area (Å²) in [6, 6.07) is 7.57. The second-order valence-electron chi connectivity index (χ2n) is 4.79. The van der Waals surface area contributed by atoms with Crippen molar-refractivity contribution in [2.75, 3.05) is 20.8 Å². The first-order valence-electron chi connectivity index (χ1n) is 6.77. The van der Waals surface area contributed by atoms with Crippen molar-refractivity contribution < 1.29 is 23.8 Å². The number of hydrogen-bond acceptors (Lipinski definition) is 5. The van der Waals surface area contributed by atoms with Crippen LogP contribution >= 0.6 is 0 Å². The first kappa shape index (κ1) is 15.3. The number of benzene rings is 1. The molecule has 2 rings (SSSR count). The van der Waals surface area contributed by atoms with Crippen LogP contribution < -0.4 is 4.74 Å². The number of ether oxygens (including phenoxy) is 3. The summed E-state index contributed by atoms with van der Waals surface area (Å²) < 4.78 is 15.4. The van der Waals surface area contributed by atoms with Gasteiger partial charge in [0, 0.05) is 6.54 Å². The molecule has 1 aliphatic rings. The van der Waals surface area contributed by atoms with Crippen molar-refractivity contribution in [3.05, 3.63) is 29.8 Å². The first-order chi connectivity index (χ1) is 10.1. The standard InChI is InChI=1S/C15H19NO5/c1-19-12-5-3-11(4-6-12)10-21-13-7-8-16(14(17)9-13)15(18)20-2/h3-6,13H,7-10H2,1-2H3/t13-/m1/s1. The van der Waals surface area contributed by atoms with E-state index in [0.29, 0.717) is 19.6 Å². The molecule has 0 radical (unpaired) electrons. The van der Waals surface area contributed by atoms with Crippen molar-refractivity contribution in [3.63, 3.8) is 0 Å². The molecule has 0 saturated carbocycles. The summed E-state index contributed by atoms with van der Waals surface area (Å²) in [4.78, 5) is 24.3. The van der Waals surface area contributed by atoms with E-state index in [-0.39, 0.29) is 18.4 Å². The van der Waals surface area contributed by atoms with Gasteiger partial charge in [0.05, 0.1) is 33.4 Å². The Kier molecular flexibility index (Phi) is 5.16. The van der Waals surface area contributed by atoms with Gasteiger partial charge in [-0.25, -0.2) is 9.69 Å². The third-order valence-corrected chi connectivity index (χ3v) is 3.42. The van der Waals surface area contributed by atoms with Gasteiger partial charge in [0.15, 0.2) is 0 Å². The van der Waals surface area contributed by atoms with Gasteiger partial charge in [0.2, 0.25) is 5.91 Å². The summed E-state index contributed by atoms with van der Waals surface area (Å²) >= 11 is 0. The largest absolute Gasteiger partial charge is 0.497 e. The van der Waals surface area contributed by atoms with Crippen molar-refractivity contribution in [2.45, 2.75) is 25.6 Å². The summed E-state index contributed by atoms with van der Waals surface area (Å²) in [6.45, 7) is 0.763. The fourth-order valence-electron chi connectivity index (χ4n) is 2.19. The Hall–Kier alpha value is -2.08. The normalized spacial score (nSPS) is 18.5. The lowest BCUT2D eigenvalue weighted by Crippen LogP contribution is -2.45. The zero-order valence-electron chi connectivity index (χ0n) is 12.2. The minimum Gasteiger partial charge on any atom is -0.497 e. The third-order valence-electron chi connectivity index (χ3n) is 3.42. The van der Waals surface area contributed by atoms with E-state index in [9.17, 15) is 9.59 Å². The van der Waals surface area contributed by atoms with Crippen LogP contribution in [-0.4, -0.2) is 43.8 Å². The van der Waals surface area contributed by atoms with Gasteiger partial charge in [0.1, 0.15) is 5.75 Å². The van der Waals surface area contributed by atoms with E-state index in [1.807, 2.05) is 24.3 Å². The van der Waals surface area contributed by atoms with Crippen LogP contribution in [0.2, 0.25) is 0 Å². The predicted octanol–water partition coefficient (Wildman–Crippen LogP) is 1.97. The number of carbonyl (C=O) groups excluding carboxylic acids is 2. The molecule has 114 valence electrons. The predicted molar refractivity (Wildman–Crippen MR) is 74.9 cm³/mol. The molecule has 1 atom stereocenters. The molecule has 6 heteroatoms. The van der Waals surface area contributed by atoms with Crippen molar-refractivity contribution in [1.82, 2.24) is 4.90 Å². The zero-order valence-corrected chi connectivity index (χ0v) is 12.2. The van der Waals surface area contributed by atoms with Gasteiger partial charge < -0.3 is 14.2 Å². The molecular weight excluding hydrogens is 274 g/mol. The van der Waals surface area contributed by atoms with Gasteiger partial charge in [-0.05, 0) is 24.1 Å². The molecule has 1 aliphatic heterocycles. The van der Waals surface area contributed by atoms with E-state index in [0.717, 1.165) is 16.2 Å². The number of amides is 2. The van der Waals surface area contributed by atoms with E-state index < -0.39 is 6.09 Å². The molecule has 2 amide bonds. The number of rotatable bonds is 4. The molecule has 0 aromatic heterocycles. The van der Waals surface area contributed by atoms with Crippen molar-refractivity contribution >= 4 is 12.0 Å². The van der Waals surface area contributed by atoms with Gasteiger partial charge in [-0.1, -0.05) is 12.1 Å². The zero-order chi connectivity index (χ0) is 15.2. The highest BCUT2D eigenvalue weighted by Gasteiger charge is 2.30. The second-order valence-corrected chi connectivity index (χ2v) is 4.79. The van der Waals surface area contributed by atoms with Gasteiger partial charge in [-0.15, -0.1) is 0 Å². The number of carbonyl (C=O) groups is 2. The summed E-state index contributed by atoms with van der Waals surface area (Å²) in [6.07, 6.45) is 0.0523. The summed E-state index contributed by atoms with van der Waals surface area (Å²) in [7, 11) is 2.88. The van der Waals surface area contributed by atoms with Crippen LogP contribution in [0.25, 0.3) is 0 Å². The summed E-state index contributed by atoms with van der Waals surface area (Å²) in [5, 5.41) is 0. The number of methoxy groups -OCH3 is 2. The third kappa shape index (κ3) is 3.95. The minimum absolute atomic E-state index is 0.166. The molecule has 6 nitrogen and oxygen atoms in total. The smallest absolute Gasteiger partial charge is 0.416 e. The fourth-order valence-corrected chi connectivity index (χ4v) is 2.19. The molecule has 0 N–H and O–H groups in total. The molecule has 0 unspecified atom stereocenters. The monoisotopic (exact) mass is 293 g/mol. The lowest BCUT2D eigenvalue weighted by molar-refractivity contribution is -0.137. The average molecular weight is 293 g/mol. The van der Waals surface area contributed by atoms with Crippen LogP contribution in [0, 0.1) is 0 Å². The van der Waals surface area contributed by atoms with Crippen LogP contribution in [-0.2, 0) is 20.9 Å². The number of hydrogen-bond donors (Lipinski definition) is 0. The highest BCUT2D eigenvalue weighted by Crippen LogP contribution is 2.18. The molecule has 0 bridgehead atoms. The summed E-state index contributed by atoms with van der Waals surface area (Å²) in [5.41, 5.74) is 1.01. The topological polar surface area (TPSA) is 65.1 Å². The van der Waals surface area contributed by atoms with Gasteiger partial charge in [-0.3, -0.25) is 4.79 Å². The Labute approximate surface area is 123 Å². The van der Waals surface area contributed by atoms with Gasteiger partial charge >= 0.3 is 6.09 Å². The van der Waals surface area contributed by atoms with Crippen molar-refractivity contribution in [3.8, 4) is 5.75 Å². The van der Waals surface area contributed by atoms with Crippen LogP contribution in [0.1, 0.15) is 18.4 Å². The number of likely N-dealkylation sites (tertiary alicyclic amines) is 1. The van der Waals surface area contributed by atoms with Crippen molar-refractivity contribution in [1.29, 1.82) is 0 Å². The van der Waals surface area contributed by atoms with Crippen LogP contribution in [0.15, 0.2) is 24.3 Å². The van der Waals surface area contributed by atoms with Gasteiger partial charge in [0.25, 0.3) is 0 Å². The van der Waals surface area contributed by atoms with E-state index in [4.69, 9.17) is 9.47 Å². The molecular formula is C15H19NO5. The Bertz CT molecular complexity index is 499. The molecule has 1 saturated heterocycles. The van der Waals surface area contributed by atoms with Crippen LogP contribution in [0.4, 0.5) is 4.79 Å². The fraction of sp³-hybridized carbons (Fsp3) is 0.467. The lowest BCUT2D eigenvalue weighted by Gasteiger charge is -2.29. The van der Waals surface area contributed by atoms with Crippen LogP contribution in [0.5, 0.6) is 5.75 Å². The minimum atomic E-state index is -0.603. The lowest BCUT2D eigenvalue weighted by atomic mass is 10.1. The van der Waals surface area contributed by atoms with Crippen LogP contribution in [0.3, 0.4) is 0 Å². The highest BCUT2D eigenvalue weighted by atomic mass is 16.5. The quantitative estimate of drug-likeness (QED) is 0.849. The maximum absolute atomic E-state index is 11.8. The second kappa shape index (κ2) is 7.08. The van der Waals surface area contributed by atoms with E-state index >= 15 is 0 Å². The first-order valence-corrected chi connectivity index (χ1v) is 6.77. The van der Waals surface area contributed by atoms with E-state index in [2.05, 4.69) is 4.74 Å². The molecule has 1 aromatic carbocycles.